The maximum Gasteiger partial charge on any atom is 0.417 e. The molecule has 0 saturated carbocycles. The summed E-state index contributed by atoms with van der Waals surface area (Å²) in [5, 5.41) is 11.2. The molecule has 1 N–H and O–H groups in total. The number of rotatable bonds is 3. The number of nitrogens with one attached hydrogen (secondary N) is 1. The second-order valence-electron chi connectivity index (χ2n) is 5.00. The number of nitrogens with zero attached hydrogens (tertiary/aromatic N) is 3. The fourth-order valence-corrected chi connectivity index (χ4v) is 2.57. The van der Waals surface area contributed by atoms with Gasteiger partial charge in [0.05, 0.1) is 11.8 Å². The molecule has 1 aromatic heterocycles. The number of hydrogen-bond acceptors (Lipinski definition) is 3. The van der Waals surface area contributed by atoms with Gasteiger partial charge in [-0.1, -0.05) is 41.9 Å². The Balaban J connectivity index is 2.05. The number of aromatic amines is 1. The number of alkyl halides is 3. The zero-order valence-electron chi connectivity index (χ0n) is 12.5. The maximum absolute atomic E-state index is 13.1. The third-order valence-electron chi connectivity index (χ3n) is 3.31. The Kier molecular flexibility index (Phi) is 4.73. The van der Waals surface area contributed by atoms with Gasteiger partial charge in [-0.2, -0.15) is 28.0 Å². The van der Waals surface area contributed by atoms with Crippen LogP contribution < -0.4 is 0 Å². The molecular weight excluding hydrogens is 373 g/mol. The van der Waals surface area contributed by atoms with Gasteiger partial charge in [0.25, 0.3) is 0 Å². The SMILES string of the molecule is FC(F)(F)c1ccccc1C=Nn1c(-c2cccc(Cl)c2)n[nH]c1=S. The van der Waals surface area contributed by atoms with E-state index < -0.39 is 11.7 Å². The van der Waals surface area contributed by atoms with Gasteiger partial charge in [0, 0.05) is 16.1 Å². The monoisotopic (exact) mass is 382 g/mol. The van der Waals surface area contributed by atoms with Gasteiger partial charge in [0.1, 0.15) is 0 Å². The van der Waals surface area contributed by atoms with E-state index in [1.54, 1.807) is 24.3 Å². The van der Waals surface area contributed by atoms with Crippen LogP contribution in [-0.4, -0.2) is 21.1 Å². The van der Waals surface area contributed by atoms with E-state index in [-0.39, 0.29) is 10.3 Å². The molecule has 0 aliphatic carbocycles. The lowest BCUT2D eigenvalue weighted by atomic mass is 10.1. The van der Waals surface area contributed by atoms with Gasteiger partial charge in [0.15, 0.2) is 5.82 Å². The van der Waals surface area contributed by atoms with Gasteiger partial charge in [-0.15, -0.1) is 0 Å². The second kappa shape index (κ2) is 6.81. The molecule has 0 fully saturated rings. The van der Waals surface area contributed by atoms with Crippen molar-refractivity contribution in [2.75, 3.05) is 0 Å². The number of benzene rings is 2. The average Bonchev–Trinajstić information content (AvgIpc) is 2.93. The Morgan fingerprint density at radius 3 is 2.64 bits per heavy atom. The Labute approximate surface area is 150 Å². The maximum atomic E-state index is 13.1. The van der Waals surface area contributed by atoms with E-state index in [0.29, 0.717) is 16.4 Å². The minimum absolute atomic E-state index is 0.0739. The quantitative estimate of drug-likeness (QED) is 0.502. The molecule has 0 amide bonds. The predicted octanol–water partition coefficient (Wildman–Crippen LogP) is 5.16. The fraction of sp³-hybridized carbons (Fsp3) is 0.0625. The number of halogens is 4. The van der Waals surface area contributed by atoms with Crippen LogP contribution in [0.4, 0.5) is 13.2 Å². The summed E-state index contributed by atoms with van der Waals surface area (Å²) in [6.45, 7) is 0. The lowest BCUT2D eigenvalue weighted by molar-refractivity contribution is -0.137. The van der Waals surface area contributed by atoms with E-state index in [2.05, 4.69) is 15.3 Å². The Morgan fingerprint density at radius 1 is 1.16 bits per heavy atom. The Morgan fingerprint density at radius 2 is 1.92 bits per heavy atom. The third-order valence-corrected chi connectivity index (χ3v) is 3.81. The molecule has 1 heterocycles. The van der Waals surface area contributed by atoms with Gasteiger partial charge in [-0.25, -0.2) is 5.10 Å². The van der Waals surface area contributed by atoms with Crippen molar-refractivity contribution >= 4 is 30.0 Å². The highest BCUT2D eigenvalue weighted by Crippen LogP contribution is 2.31. The molecule has 9 heteroatoms. The minimum Gasteiger partial charge on any atom is -0.250 e. The zero-order valence-corrected chi connectivity index (χ0v) is 14.0. The molecular formula is C16H10ClF3N4S. The highest BCUT2D eigenvalue weighted by atomic mass is 35.5. The van der Waals surface area contributed by atoms with Gasteiger partial charge >= 0.3 is 6.18 Å². The first-order valence-electron chi connectivity index (χ1n) is 7.00. The first-order chi connectivity index (χ1) is 11.9. The van der Waals surface area contributed by atoms with E-state index >= 15 is 0 Å². The van der Waals surface area contributed by atoms with Crippen LogP contribution in [0, 0.1) is 4.77 Å². The van der Waals surface area contributed by atoms with E-state index in [9.17, 15) is 13.2 Å². The number of hydrogen-bond donors (Lipinski definition) is 1. The van der Waals surface area contributed by atoms with Crippen LogP contribution in [0.2, 0.25) is 5.02 Å². The van der Waals surface area contributed by atoms with Crippen LogP contribution in [0.5, 0.6) is 0 Å². The highest BCUT2D eigenvalue weighted by Gasteiger charge is 2.32. The van der Waals surface area contributed by atoms with E-state index in [1.165, 1.54) is 22.9 Å². The average molecular weight is 383 g/mol. The van der Waals surface area contributed by atoms with Crippen molar-refractivity contribution in [2.24, 2.45) is 5.10 Å². The van der Waals surface area contributed by atoms with E-state index in [0.717, 1.165) is 12.3 Å². The van der Waals surface area contributed by atoms with Crippen molar-refractivity contribution in [3.05, 3.63) is 69.5 Å². The van der Waals surface area contributed by atoms with Crippen molar-refractivity contribution in [1.82, 2.24) is 14.9 Å². The van der Waals surface area contributed by atoms with Crippen LogP contribution >= 0.6 is 23.8 Å². The summed E-state index contributed by atoms with van der Waals surface area (Å²) >= 11 is 11.1. The molecule has 2 aromatic carbocycles. The molecule has 3 aromatic rings. The van der Waals surface area contributed by atoms with Crippen LogP contribution in [0.15, 0.2) is 53.6 Å². The molecule has 0 bridgehead atoms. The molecule has 0 radical (unpaired) electrons. The van der Waals surface area contributed by atoms with Crippen molar-refractivity contribution in [2.45, 2.75) is 6.18 Å². The summed E-state index contributed by atoms with van der Waals surface area (Å²) in [5.41, 5.74) is -0.227. The first kappa shape index (κ1) is 17.4. The van der Waals surface area contributed by atoms with Crippen molar-refractivity contribution in [1.29, 1.82) is 0 Å². The topological polar surface area (TPSA) is 46.0 Å². The van der Waals surface area contributed by atoms with Gasteiger partial charge in [-0.05, 0) is 30.4 Å². The van der Waals surface area contributed by atoms with Crippen molar-refractivity contribution in [3.63, 3.8) is 0 Å². The normalized spacial score (nSPS) is 12.0. The number of aromatic nitrogens is 3. The molecule has 0 atom stereocenters. The molecule has 0 unspecified atom stereocenters. The fourth-order valence-electron chi connectivity index (χ4n) is 2.20. The molecule has 4 nitrogen and oxygen atoms in total. The first-order valence-corrected chi connectivity index (χ1v) is 7.79. The Hall–Kier alpha value is -2.45. The Bertz CT molecular complexity index is 991. The van der Waals surface area contributed by atoms with Gasteiger partial charge in [-0.3, -0.25) is 0 Å². The third kappa shape index (κ3) is 3.80. The lowest BCUT2D eigenvalue weighted by Crippen LogP contribution is -2.09. The summed E-state index contributed by atoms with van der Waals surface area (Å²) in [6.07, 6.45) is -3.38. The summed E-state index contributed by atoms with van der Waals surface area (Å²) in [6, 6.07) is 12.0. The van der Waals surface area contributed by atoms with E-state index in [4.69, 9.17) is 23.8 Å². The molecule has 128 valence electrons. The standard InChI is InChI=1S/C16H10ClF3N4S/c17-12-6-3-5-10(8-12)14-22-23-15(25)24(14)21-9-11-4-1-2-7-13(11)16(18,19)20/h1-9H,(H,23,25). The zero-order chi connectivity index (χ0) is 18.0. The minimum atomic E-state index is -4.48. The molecule has 0 spiro atoms. The van der Waals surface area contributed by atoms with Crippen LogP contribution in [0.25, 0.3) is 11.4 Å². The summed E-state index contributed by atoms with van der Waals surface area (Å²) < 4.78 is 40.6. The molecule has 3 rings (SSSR count). The highest BCUT2D eigenvalue weighted by molar-refractivity contribution is 7.71. The molecule has 0 aliphatic rings. The smallest absolute Gasteiger partial charge is 0.250 e. The molecule has 0 saturated heterocycles. The van der Waals surface area contributed by atoms with Crippen LogP contribution in [0.3, 0.4) is 0 Å². The van der Waals surface area contributed by atoms with Gasteiger partial charge in [0.2, 0.25) is 4.77 Å². The number of H-pyrrole nitrogens is 1. The summed E-state index contributed by atoms with van der Waals surface area (Å²) in [4.78, 5) is 0. The predicted molar refractivity (Wildman–Crippen MR) is 92.3 cm³/mol. The summed E-state index contributed by atoms with van der Waals surface area (Å²) in [7, 11) is 0. The second-order valence-corrected chi connectivity index (χ2v) is 5.83. The molecule has 25 heavy (non-hydrogen) atoms. The summed E-state index contributed by atoms with van der Waals surface area (Å²) in [5.74, 6) is 0.341. The van der Waals surface area contributed by atoms with Crippen LogP contribution in [0.1, 0.15) is 11.1 Å². The van der Waals surface area contributed by atoms with Gasteiger partial charge < -0.3 is 0 Å². The van der Waals surface area contributed by atoms with Crippen LogP contribution in [-0.2, 0) is 6.18 Å². The largest absolute Gasteiger partial charge is 0.417 e. The molecule has 0 aliphatic heterocycles. The van der Waals surface area contributed by atoms with E-state index in [1.807, 2.05) is 0 Å². The van der Waals surface area contributed by atoms with Crippen molar-refractivity contribution in [3.8, 4) is 11.4 Å². The lowest BCUT2D eigenvalue weighted by Gasteiger charge is -2.09. The van der Waals surface area contributed by atoms with Crippen molar-refractivity contribution < 1.29 is 13.2 Å².